The maximum atomic E-state index is 12.1. The van der Waals surface area contributed by atoms with Gasteiger partial charge in [0.25, 0.3) is 0 Å². The maximum Gasteiger partial charge on any atom is 0.234 e. The Bertz CT molecular complexity index is 908. The monoisotopic (exact) mass is 367 g/mol. The van der Waals surface area contributed by atoms with Crippen LogP contribution in [0, 0.1) is 13.8 Å². The van der Waals surface area contributed by atoms with Crippen molar-refractivity contribution in [1.82, 2.24) is 19.7 Å². The summed E-state index contributed by atoms with van der Waals surface area (Å²) in [4.78, 5) is 16.6. The quantitative estimate of drug-likeness (QED) is 0.673. The van der Waals surface area contributed by atoms with Crippen molar-refractivity contribution in [2.45, 2.75) is 32.5 Å². The second-order valence-corrected chi connectivity index (χ2v) is 6.85. The number of para-hydroxylation sites is 1. The lowest BCUT2D eigenvalue weighted by atomic mass is 10.1. The van der Waals surface area contributed by atoms with Gasteiger partial charge in [-0.15, -0.1) is 10.2 Å². The van der Waals surface area contributed by atoms with Gasteiger partial charge < -0.3 is 9.88 Å². The predicted octanol–water partition coefficient (Wildman–Crippen LogP) is 3.71. The molecule has 0 aliphatic rings. The van der Waals surface area contributed by atoms with Gasteiger partial charge in [-0.1, -0.05) is 30.0 Å². The van der Waals surface area contributed by atoms with E-state index in [0.717, 1.165) is 28.3 Å². The largest absolute Gasteiger partial charge is 0.325 e. The minimum absolute atomic E-state index is 0.0716. The van der Waals surface area contributed by atoms with Gasteiger partial charge in [-0.05, 0) is 50.1 Å². The number of aromatic nitrogens is 4. The Labute approximate surface area is 157 Å². The number of hydrogen-bond donors (Lipinski definition) is 1. The van der Waals surface area contributed by atoms with Crippen LogP contribution in [0.5, 0.6) is 0 Å². The number of hydrogen-bond acceptors (Lipinski definition) is 5. The molecule has 0 bridgehead atoms. The molecule has 1 amide bonds. The number of pyridine rings is 1. The van der Waals surface area contributed by atoms with E-state index in [1.54, 1.807) is 0 Å². The van der Waals surface area contributed by atoms with Crippen LogP contribution in [-0.4, -0.2) is 31.4 Å². The zero-order valence-electron chi connectivity index (χ0n) is 15.1. The molecule has 1 aromatic carbocycles. The molecule has 0 aliphatic carbocycles. The summed E-state index contributed by atoms with van der Waals surface area (Å²) in [5.41, 5.74) is 3.89. The van der Waals surface area contributed by atoms with Crippen LogP contribution >= 0.6 is 11.8 Å². The first-order valence-corrected chi connectivity index (χ1v) is 9.41. The van der Waals surface area contributed by atoms with E-state index in [1.165, 1.54) is 11.8 Å². The molecule has 0 spiro atoms. The van der Waals surface area contributed by atoms with Crippen LogP contribution in [0.15, 0.2) is 47.8 Å². The molecule has 6 nitrogen and oxygen atoms in total. The van der Waals surface area contributed by atoms with Crippen molar-refractivity contribution in [1.29, 1.82) is 0 Å². The zero-order valence-corrected chi connectivity index (χ0v) is 15.9. The van der Waals surface area contributed by atoms with Gasteiger partial charge in [-0.3, -0.25) is 9.78 Å². The minimum atomic E-state index is -0.0716. The van der Waals surface area contributed by atoms with Gasteiger partial charge in [0, 0.05) is 18.4 Å². The highest BCUT2D eigenvalue weighted by molar-refractivity contribution is 7.99. The van der Waals surface area contributed by atoms with Gasteiger partial charge in [0.1, 0.15) is 5.69 Å². The van der Waals surface area contributed by atoms with Crippen LogP contribution in [0.3, 0.4) is 0 Å². The summed E-state index contributed by atoms with van der Waals surface area (Å²) < 4.78 is 1.98. The number of rotatable bonds is 6. The molecule has 0 aliphatic heterocycles. The van der Waals surface area contributed by atoms with Crippen molar-refractivity contribution < 1.29 is 4.79 Å². The van der Waals surface area contributed by atoms with E-state index >= 15 is 0 Å². The van der Waals surface area contributed by atoms with Crippen LogP contribution in [0.25, 0.3) is 11.5 Å². The lowest BCUT2D eigenvalue weighted by molar-refractivity contribution is -0.113. The fourth-order valence-electron chi connectivity index (χ4n) is 2.47. The predicted molar refractivity (Wildman–Crippen MR) is 104 cm³/mol. The van der Waals surface area contributed by atoms with Gasteiger partial charge >= 0.3 is 0 Å². The Balaban J connectivity index is 1.72. The lowest BCUT2D eigenvalue weighted by Gasteiger charge is -2.08. The number of anilines is 1. The molecule has 0 radical (unpaired) electrons. The molecule has 3 aromatic rings. The van der Waals surface area contributed by atoms with Crippen molar-refractivity contribution in [3.8, 4) is 11.5 Å². The van der Waals surface area contributed by atoms with Crippen molar-refractivity contribution >= 4 is 23.4 Å². The van der Waals surface area contributed by atoms with Gasteiger partial charge in [-0.25, -0.2) is 0 Å². The number of benzene rings is 1. The molecule has 1 N–H and O–H groups in total. The van der Waals surface area contributed by atoms with E-state index in [2.05, 4.69) is 27.4 Å². The van der Waals surface area contributed by atoms with Gasteiger partial charge in [0.15, 0.2) is 11.0 Å². The molecule has 134 valence electrons. The Kier molecular flexibility index (Phi) is 5.68. The molecular weight excluding hydrogens is 346 g/mol. The highest BCUT2D eigenvalue weighted by atomic mass is 32.2. The number of nitrogens with one attached hydrogen (secondary N) is 1. The number of carbonyl (C=O) groups excluding carboxylic acids is 1. The van der Waals surface area contributed by atoms with E-state index in [9.17, 15) is 4.79 Å². The van der Waals surface area contributed by atoms with E-state index in [-0.39, 0.29) is 11.7 Å². The Morgan fingerprint density at radius 3 is 2.62 bits per heavy atom. The molecule has 2 heterocycles. The Hall–Kier alpha value is -2.67. The molecule has 3 rings (SSSR count). The van der Waals surface area contributed by atoms with E-state index in [0.29, 0.717) is 11.7 Å². The second kappa shape index (κ2) is 8.14. The normalized spacial score (nSPS) is 10.7. The number of aryl methyl sites for hydroxylation is 2. The highest BCUT2D eigenvalue weighted by Gasteiger charge is 2.16. The fraction of sp³-hybridized carbons (Fsp3) is 0.263. The van der Waals surface area contributed by atoms with E-state index < -0.39 is 0 Å². The second-order valence-electron chi connectivity index (χ2n) is 5.91. The van der Waals surface area contributed by atoms with E-state index in [4.69, 9.17) is 0 Å². The molecular formula is C19H21N5OS. The summed E-state index contributed by atoms with van der Waals surface area (Å²) in [7, 11) is 0. The van der Waals surface area contributed by atoms with Crippen molar-refractivity contribution in [3.05, 3.63) is 53.7 Å². The first-order chi connectivity index (χ1) is 12.6. The third kappa shape index (κ3) is 4.11. The van der Waals surface area contributed by atoms with Crippen LogP contribution in [0.4, 0.5) is 5.69 Å². The standard InChI is InChI=1S/C19H21N5OS/c1-4-24-18(16-10-13(2)14(3)11-20-16)22-23-19(24)26-12-17(25)21-15-8-6-5-7-9-15/h5-11H,4,12H2,1-3H3,(H,21,25). The molecule has 26 heavy (non-hydrogen) atoms. The summed E-state index contributed by atoms with van der Waals surface area (Å²) in [6.45, 7) is 6.82. The Morgan fingerprint density at radius 2 is 1.92 bits per heavy atom. The summed E-state index contributed by atoms with van der Waals surface area (Å²) in [6.07, 6.45) is 1.85. The smallest absolute Gasteiger partial charge is 0.234 e. The summed E-state index contributed by atoms with van der Waals surface area (Å²) >= 11 is 1.37. The number of thioether (sulfide) groups is 1. The molecule has 7 heteroatoms. The van der Waals surface area contributed by atoms with Crippen molar-refractivity contribution in [2.75, 3.05) is 11.1 Å². The van der Waals surface area contributed by atoms with E-state index in [1.807, 2.05) is 61.0 Å². The fourth-order valence-corrected chi connectivity index (χ4v) is 3.27. The number of amides is 1. The van der Waals surface area contributed by atoms with Crippen molar-refractivity contribution in [2.24, 2.45) is 0 Å². The lowest BCUT2D eigenvalue weighted by Crippen LogP contribution is -2.14. The highest BCUT2D eigenvalue weighted by Crippen LogP contribution is 2.24. The molecule has 0 unspecified atom stereocenters. The summed E-state index contributed by atoms with van der Waals surface area (Å²) in [6, 6.07) is 11.4. The topological polar surface area (TPSA) is 72.7 Å². The van der Waals surface area contributed by atoms with Gasteiger partial charge in [-0.2, -0.15) is 0 Å². The first-order valence-electron chi connectivity index (χ1n) is 8.43. The molecule has 0 saturated heterocycles. The number of carbonyl (C=O) groups is 1. The molecule has 0 atom stereocenters. The minimum Gasteiger partial charge on any atom is -0.325 e. The van der Waals surface area contributed by atoms with Gasteiger partial charge in [0.2, 0.25) is 5.91 Å². The van der Waals surface area contributed by atoms with Crippen molar-refractivity contribution in [3.63, 3.8) is 0 Å². The molecule has 0 saturated carbocycles. The zero-order chi connectivity index (χ0) is 18.5. The van der Waals surface area contributed by atoms with Gasteiger partial charge in [0.05, 0.1) is 5.75 Å². The first kappa shape index (κ1) is 18.1. The average Bonchev–Trinajstić information content (AvgIpc) is 3.06. The van der Waals surface area contributed by atoms with Crippen LogP contribution < -0.4 is 5.32 Å². The maximum absolute atomic E-state index is 12.1. The SMILES string of the molecule is CCn1c(SCC(=O)Nc2ccccc2)nnc1-c1cc(C)c(C)cn1. The van der Waals surface area contributed by atoms with Crippen LogP contribution in [0.2, 0.25) is 0 Å². The summed E-state index contributed by atoms with van der Waals surface area (Å²) in [5.74, 6) is 0.923. The molecule has 2 aromatic heterocycles. The Morgan fingerprint density at radius 1 is 1.15 bits per heavy atom. The average molecular weight is 367 g/mol. The summed E-state index contributed by atoms with van der Waals surface area (Å²) in [5, 5.41) is 12.1. The number of nitrogens with zero attached hydrogens (tertiary/aromatic N) is 4. The third-order valence-electron chi connectivity index (χ3n) is 4.02. The van der Waals surface area contributed by atoms with Crippen LogP contribution in [-0.2, 0) is 11.3 Å². The third-order valence-corrected chi connectivity index (χ3v) is 4.99. The molecule has 0 fully saturated rings. The van der Waals surface area contributed by atoms with Crippen LogP contribution in [0.1, 0.15) is 18.1 Å².